The van der Waals surface area contributed by atoms with Crippen molar-refractivity contribution in [2.24, 2.45) is 5.41 Å². The molecule has 1 aliphatic heterocycles. The Kier molecular flexibility index (Phi) is 7.01. The Bertz CT molecular complexity index is 155. The lowest BCUT2D eigenvalue weighted by atomic mass is 9.77. The molecule has 0 unspecified atom stereocenters. The summed E-state index contributed by atoms with van der Waals surface area (Å²) in [7, 11) is 0. The van der Waals surface area contributed by atoms with E-state index < -0.39 is 0 Å². The summed E-state index contributed by atoms with van der Waals surface area (Å²) in [4.78, 5) is 0. The van der Waals surface area contributed by atoms with Crippen molar-refractivity contribution in [3.63, 3.8) is 0 Å². The number of hydrogen-bond acceptors (Lipinski definition) is 3. The van der Waals surface area contributed by atoms with Crippen molar-refractivity contribution in [2.45, 2.75) is 39.5 Å². The molecule has 1 rings (SSSR count). The standard InChI is InChI=1S/C13H27NO2/c1-3-8-14-12-13(5-9-15-4-2)6-10-16-11-7-13/h14H,3-12H2,1-2H3. The number of hydrogen-bond donors (Lipinski definition) is 1. The Morgan fingerprint density at radius 3 is 2.62 bits per heavy atom. The van der Waals surface area contributed by atoms with Gasteiger partial charge in [0.2, 0.25) is 0 Å². The minimum absolute atomic E-state index is 0.419. The molecule has 0 aromatic carbocycles. The van der Waals surface area contributed by atoms with Crippen molar-refractivity contribution < 1.29 is 9.47 Å². The molecule has 0 aromatic heterocycles. The van der Waals surface area contributed by atoms with Gasteiger partial charge in [-0.1, -0.05) is 6.92 Å². The fourth-order valence-electron chi connectivity index (χ4n) is 2.28. The van der Waals surface area contributed by atoms with Gasteiger partial charge in [-0.15, -0.1) is 0 Å². The van der Waals surface area contributed by atoms with E-state index in [1.54, 1.807) is 0 Å². The largest absolute Gasteiger partial charge is 0.382 e. The molecule has 0 amide bonds. The van der Waals surface area contributed by atoms with Crippen molar-refractivity contribution in [2.75, 3.05) is 39.5 Å². The molecule has 3 heteroatoms. The molecule has 0 bridgehead atoms. The molecule has 1 saturated heterocycles. The first kappa shape index (κ1) is 13.9. The summed E-state index contributed by atoms with van der Waals surface area (Å²) in [5.41, 5.74) is 0.419. The van der Waals surface area contributed by atoms with Gasteiger partial charge in [0.25, 0.3) is 0 Å². The maximum absolute atomic E-state index is 5.50. The lowest BCUT2D eigenvalue weighted by Crippen LogP contribution is -2.40. The normalized spacial score (nSPS) is 19.9. The van der Waals surface area contributed by atoms with Crippen molar-refractivity contribution >= 4 is 0 Å². The maximum Gasteiger partial charge on any atom is 0.0471 e. The number of rotatable bonds is 8. The van der Waals surface area contributed by atoms with E-state index in [1.165, 1.54) is 25.7 Å². The summed E-state index contributed by atoms with van der Waals surface area (Å²) in [6, 6.07) is 0. The zero-order chi connectivity index (χ0) is 11.7. The maximum atomic E-state index is 5.50. The van der Waals surface area contributed by atoms with Crippen molar-refractivity contribution in [3.8, 4) is 0 Å². The van der Waals surface area contributed by atoms with E-state index in [4.69, 9.17) is 9.47 Å². The van der Waals surface area contributed by atoms with Crippen molar-refractivity contribution in [1.82, 2.24) is 5.32 Å². The van der Waals surface area contributed by atoms with Crippen LogP contribution in [0.25, 0.3) is 0 Å². The molecule has 1 fully saturated rings. The average Bonchev–Trinajstić information content (AvgIpc) is 2.31. The van der Waals surface area contributed by atoms with E-state index in [2.05, 4.69) is 19.2 Å². The van der Waals surface area contributed by atoms with Crippen LogP contribution in [0.1, 0.15) is 39.5 Å². The minimum atomic E-state index is 0.419. The third-order valence-corrected chi connectivity index (χ3v) is 3.46. The third kappa shape index (κ3) is 4.81. The van der Waals surface area contributed by atoms with Crippen LogP contribution >= 0.6 is 0 Å². The zero-order valence-electron chi connectivity index (χ0n) is 10.9. The number of ether oxygens (including phenoxy) is 2. The Hall–Kier alpha value is -0.120. The molecule has 3 nitrogen and oxygen atoms in total. The molecule has 1 aliphatic rings. The monoisotopic (exact) mass is 229 g/mol. The molecule has 0 radical (unpaired) electrons. The summed E-state index contributed by atoms with van der Waals surface area (Å²) in [6.07, 6.45) is 4.73. The van der Waals surface area contributed by atoms with Gasteiger partial charge in [0.15, 0.2) is 0 Å². The minimum Gasteiger partial charge on any atom is -0.382 e. The van der Waals surface area contributed by atoms with E-state index in [0.29, 0.717) is 5.41 Å². The van der Waals surface area contributed by atoms with Gasteiger partial charge >= 0.3 is 0 Å². The number of nitrogens with one attached hydrogen (secondary N) is 1. The molecule has 0 atom stereocenters. The quantitative estimate of drug-likeness (QED) is 0.647. The zero-order valence-corrected chi connectivity index (χ0v) is 10.9. The van der Waals surface area contributed by atoms with Crippen molar-refractivity contribution in [1.29, 1.82) is 0 Å². The van der Waals surface area contributed by atoms with E-state index in [0.717, 1.165) is 39.5 Å². The summed E-state index contributed by atoms with van der Waals surface area (Å²) in [5.74, 6) is 0. The first-order chi connectivity index (χ1) is 7.83. The lowest BCUT2D eigenvalue weighted by molar-refractivity contribution is -0.00495. The van der Waals surface area contributed by atoms with E-state index in [-0.39, 0.29) is 0 Å². The van der Waals surface area contributed by atoms with Crippen LogP contribution in [0, 0.1) is 5.41 Å². The smallest absolute Gasteiger partial charge is 0.0471 e. The summed E-state index contributed by atoms with van der Waals surface area (Å²) >= 11 is 0. The molecular formula is C13H27NO2. The fraction of sp³-hybridized carbons (Fsp3) is 1.00. The second kappa shape index (κ2) is 8.04. The van der Waals surface area contributed by atoms with Gasteiger partial charge in [-0.05, 0) is 44.6 Å². The topological polar surface area (TPSA) is 30.5 Å². The van der Waals surface area contributed by atoms with Gasteiger partial charge in [-0.3, -0.25) is 0 Å². The highest BCUT2D eigenvalue weighted by Gasteiger charge is 2.31. The SMILES string of the molecule is CCCNCC1(CCOCC)CCOCC1. The van der Waals surface area contributed by atoms with Gasteiger partial charge in [-0.2, -0.15) is 0 Å². The van der Waals surface area contributed by atoms with Crippen molar-refractivity contribution in [3.05, 3.63) is 0 Å². The van der Waals surface area contributed by atoms with Crippen LogP contribution in [-0.2, 0) is 9.47 Å². The summed E-state index contributed by atoms with van der Waals surface area (Å²) in [5, 5.41) is 3.56. The molecule has 0 spiro atoms. The summed E-state index contributed by atoms with van der Waals surface area (Å²) < 4.78 is 11.0. The predicted octanol–water partition coefficient (Wildman–Crippen LogP) is 2.21. The molecule has 0 aromatic rings. The fourth-order valence-corrected chi connectivity index (χ4v) is 2.28. The Morgan fingerprint density at radius 1 is 1.25 bits per heavy atom. The molecule has 96 valence electrons. The van der Waals surface area contributed by atoms with E-state index in [1.807, 2.05) is 0 Å². The van der Waals surface area contributed by atoms with Crippen LogP contribution in [0.4, 0.5) is 0 Å². The predicted molar refractivity (Wildman–Crippen MR) is 66.8 cm³/mol. The average molecular weight is 229 g/mol. The Morgan fingerprint density at radius 2 is 2.00 bits per heavy atom. The Balaban J connectivity index is 2.33. The van der Waals surface area contributed by atoms with Crippen LogP contribution in [-0.4, -0.2) is 39.5 Å². The molecule has 0 aliphatic carbocycles. The highest BCUT2D eigenvalue weighted by Crippen LogP contribution is 2.33. The second-order valence-electron chi connectivity index (χ2n) is 4.74. The van der Waals surface area contributed by atoms with Gasteiger partial charge in [0, 0.05) is 33.0 Å². The lowest BCUT2D eigenvalue weighted by Gasteiger charge is -2.37. The summed E-state index contributed by atoms with van der Waals surface area (Å²) in [6.45, 7) is 10.1. The molecule has 1 heterocycles. The highest BCUT2D eigenvalue weighted by atomic mass is 16.5. The second-order valence-corrected chi connectivity index (χ2v) is 4.74. The van der Waals surface area contributed by atoms with Crippen LogP contribution in [0.5, 0.6) is 0 Å². The van der Waals surface area contributed by atoms with Gasteiger partial charge in [0.1, 0.15) is 0 Å². The van der Waals surface area contributed by atoms with E-state index in [9.17, 15) is 0 Å². The first-order valence-corrected chi connectivity index (χ1v) is 6.69. The van der Waals surface area contributed by atoms with Crippen LogP contribution in [0.15, 0.2) is 0 Å². The van der Waals surface area contributed by atoms with Crippen LogP contribution in [0.3, 0.4) is 0 Å². The van der Waals surface area contributed by atoms with Crippen LogP contribution in [0.2, 0.25) is 0 Å². The molecular weight excluding hydrogens is 202 g/mol. The highest BCUT2D eigenvalue weighted by molar-refractivity contribution is 4.84. The van der Waals surface area contributed by atoms with Gasteiger partial charge < -0.3 is 14.8 Å². The third-order valence-electron chi connectivity index (χ3n) is 3.46. The Labute approximate surface area is 99.9 Å². The first-order valence-electron chi connectivity index (χ1n) is 6.69. The van der Waals surface area contributed by atoms with Gasteiger partial charge in [-0.25, -0.2) is 0 Å². The molecule has 1 N–H and O–H groups in total. The molecule has 16 heavy (non-hydrogen) atoms. The van der Waals surface area contributed by atoms with E-state index >= 15 is 0 Å². The molecule has 0 saturated carbocycles. The van der Waals surface area contributed by atoms with Gasteiger partial charge in [0.05, 0.1) is 0 Å². The van der Waals surface area contributed by atoms with Crippen LogP contribution < -0.4 is 5.32 Å².